The van der Waals surface area contributed by atoms with E-state index in [0.717, 1.165) is 18.7 Å². The predicted molar refractivity (Wildman–Crippen MR) is 58.3 cm³/mol. The number of anilines is 1. The standard InChI is InChI=1S/C11H13N3O/c12-7-1-2-8-14-10-5-3-9(4-6-10)11(13)15/h3-6,14H,1-2,8H2,(H2,13,15). The van der Waals surface area contributed by atoms with E-state index in [0.29, 0.717) is 12.0 Å². The Morgan fingerprint density at radius 1 is 1.40 bits per heavy atom. The number of carbonyl (C=O) groups is 1. The second-order valence-corrected chi connectivity index (χ2v) is 3.13. The van der Waals surface area contributed by atoms with Gasteiger partial charge in [0, 0.05) is 24.2 Å². The van der Waals surface area contributed by atoms with Gasteiger partial charge in [-0.3, -0.25) is 4.79 Å². The third-order valence-electron chi connectivity index (χ3n) is 1.96. The summed E-state index contributed by atoms with van der Waals surface area (Å²) in [5.41, 5.74) is 6.53. The summed E-state index contributed by atoms with van der Waals surface area (Å²) in [5, 5.41) is 11.5. The van der Waals surface area contributed by atoms with E-state index in [1.54, 1.807) is 24.3 Å². The molecule has 0 unspecified atom stereocenters. The first-order chi connectivity index (χ1) is 7.24. The minimum atomic E-state index is -0.425. The molecular weight excluding hydrogens is 190 g/mol. The molecule has 1 aromatic carbocycles. The van der Waals surface area contributed by atoms with E-state index in [1.165, 1.54) is 0 Å². The van der Waals surface area contributed by atoms with Crippen molar-refractivity contribution >= 4 is 11.6 Å². The van der Waals surface area contributed by atoms with Gasteiger partial charge in [-0.1, -0.05) is 0 Å². The number of nitrogens with zero attached hydrogens (tertiary/aromatic N) is 1. The van der Waals surface area contributed by atoms with Gasteiger partial charge >= 0.3 is 0 Å². The molecule has 4 heteroatoms. The molecule has 0 fully saturated rings. The number of nitriles is 1. The Morgan fingerprint density at radius 3 is 2.60 bits per heavy atom. The molecule has 1 aromatic rings. The molecule has 4 nitrogen and oxygen atoms in total. The molecule has 15 heavy (non-hydrogen) atoms. The van der Waals surface area contributed by atoms with Crippen molar-refractivity contribution in [2.24, 2.45) is 5.73 Å². The molecule has 1 rings (SSSR count). The molecular formula is C11H13N3O. The van der Waals surface area contributed by atoms with Crippen LogP contribution in [0.5, 0.6) is 0 Å². The molecule has 0 aliphatic rings. The van der Waals surface area contributed by atoms with Gasteiger partial charge in [0.2, 0.25) is 5.91 Å². The third kappa shape index (κ3) is 3.69. The van der Waals surface area contributed by atoms with Gasteiger partial charge in [0.15, 0.2) is 0 Å². The van der Waals surface area contributed by atoms with Gasteiger partial charge in [-0.05, 0) is 30.7 Å². The number of amides is 1. The molecule has 0 saturated heterocycles. The zero-order valence-corrected chi connectivity index (χ0v) is 8.36. The highest BCUT2D eigenvalue weighted by atomic mass is 16.1. The quantitative estimate of drug-likeness (QED) is 0.712. The number of hydrogen-bond donors (Lipinski definition) is 2. The number of benzene rings is 1. The van der Waals surface area contributed by atoms with Gasteiger partial charge in [-0.25, -0.2) is 0 Å². The van der Waals surface area contributed by atoms with E-state index in [-0.39, 0.29) is 0 Å². The molecule has 0 heterocycles. The maximum Gasteiger partial charge on any atom is 0.248 e. The van der Waals surface area contributed by atoms with Crippen LogP contribution < -0.4 is 11.1 Å². The molecule has 78 valence electrons. The Bertz CT molecular complexity index is 364. The third-order valence-corrected chi connectivity index (χ3v) is 1.96. The second kappa shape index (κ2) is 5.66. The van der Waals surface area contributed by atoms with Crippen LogP contribution in [0, 0.1) is 11.3 Å². The number of hydrogen-bond acceptors (Lipinski definition) is 3. The number of nitrogens with one attached hydrogen (secondary N) is 1. The highest BCUT2D eigenvalue weighted by Gasteiger charge is 1.98. The van der Waals surface area contributed by atoms with Crippen LogP contribution in [0.2, 0.25) is 0 Å². The lowest BCUT2D eigenvalue weighted by molar-refractivity contribution is 0.100. The van der Waals surface area contributed by atoms with Crippen molar-refractivity contribution in [2.45, 2.75) is 12.8 Å². The van der Waals surface area contributed by atoms with Crippen LogP contribution in [0.15, 0.2) is 24.3 Å². The first kappa shape index (κ1) is 11.1. The van der Waals surface area contributed by atoms with Crippen molar-refractivity contribution in [2.75, 3.05) is 11.9 Å². The van der Waals surface area contributed by atoms with E-state index >= 15 is 0 Å². The van der Waals surface area contributed by atoms with Gasteiger partial charge in [0.05, 0.1) is 6.07 Å². The van der Waals surface area contributed by atoms with Crippen molar-refractivity contribution in [1.29, 1.82) is 5.26 Å². The maximum absolute atomic E-state index is 10.8. The molecule has 0 radical (unpaired) electrons. The number of primary amides is 1. The van der Waals surface area contributed by atoms with E-state index in [1.807, 2.05) is 0 Å². The average molecular weight is 203 g/mol. The summed E-state index contributed by atoms with van der Waals surface area (Å²) in [5.74, 6) is -0.425. The van der Waals surface area contributed by atoms with E-state index in [2.05, 4.69) is 11.4 Å². The molecule has 0 spiro atoms. The molecule has 3 N–H and O–H groups in total. The van der Waals surface area contributed by atoms with Gasteiger partial charge in [0.25, 0.3) is 0 Å². The monoisotopic (exact) mass is 203 g/mol. The molecule has 0 atom stereocenters. The Balaban J connectivity index is 2.43. The SMILES string of the molecule is N#CCCCNc1ccc(C(N)=O)cc1. The number of unbranched alkanes of at least 4 members (excludes halogenated alkanes) is 1. The molecule has 0 aliphatic heterocycles. The Kier molecular flexibility index (Phi) is 4.17. The summed E-state index contributed by atoms with van der Waals surface area (Å²) < 4.78 is 0. The summed E-state index contributed by atoms with van der Waals surface area (Å²) in [7, 11) is 0. The van der Waals surface area contributed by atoms with Crippen molar-refractivity contribution in [1.82, 2.24) is 0 Å². The average Bonchev–Trinajstić information content (AvgIpc) is 2.25. The Hall–Kier alpha value is -2.02. The van der Waals surface area contributed by atoms with Crippen LogP contribution in [0.25, 0.3) is 0 Å². The van der Waals surface area contributed by atoms with Crippen molar-refractivity contribution in [3.63, 3.8) is 0 Å². The fraction of sp³-hybridized carbons (Fsp3) is 0.273. The summed E-state index contributed by atoms with van der Waals surface area (Å²) in [6, 6.07) is 9.02. The lowest BCUT2D eigenvalue weighted by atomic mass is 10.2. The van der Waals surface area contributed by atoms with Crippen LogP contribution in [0.3, 0.4) is 0 Å². The highest BCUT2D eigenvalue weighted by Crippen LogP contribution is 2.09. The minimum absolute atomic E-state index is 0.425. The second-order valence-electron chi connectivity index (χ2n) is 3.13. The lowest BCUT2D eigenvalue weighted by Gasteiger charge is -2.04. The number of nitrogens with two attached hydrogens (primary N) is 1. The fourth-order valence-electron chi connectivity index (χ4n) is 1.15. The van der Waals surface area contributed by atoms with Crippen LogP contribution in [-0.4, -0.2) is 12.5 Å². The zero-order valence-electron chi connectivity index (χ0n) is 8.36. The highest BCUT2D eigenvalue weighted by molar-refractivity contribution is 5.93. The maximum atomic E-state index is 10.8. The fourth-order valence-corrected chi connectivity index (χ4v) is 1.15. The van der Waals surface area contributed by atoms with Crippen molar-refractivity contribution < 1.29 is 4.79 Å². The summed E-state index contributed by atoms with van der Waals surface area (Å²) in [4.78, 5) is 10.8. The first-order valence-electron chi connectivity index (χ1n) is 4.74. The van der Waals surface area contributed by atoms with Crippen LogP contribution in [-0.2, 0) is 0 Å². The normalized spacial score (nSPS) is 9.27. The largest absolute Gasteiger partial charge is 0.385 e. The number of carbonyl (C=O) groups excluding carboxylic acids is 1. The minimum Gasteiger partial charge on any atom is -0.385 e. The lowest BCUT2D eigenvalue weighted by Crippen LogP contribution is -2.10. The van der Waals surface area contributed by atoms with E-state index in [4.69, 9.17) is 11.0 Å². The van der Waals surface area contributed by atoms with Crippen LogP contribution in [0.1, 0.15) is 23.2 Å². The van der Waals surface area contributed by atoms with Crippen molar-refractivity contribution in [3.8, 4) is 6.07 Å². The molecule has 0 bridgehead atoms. The van der Waals surface area contributed by atoms with E-state index < -0.39 is 5.91 Å². The summed E-state index contributed by atoms with van der Waals surface area (Å²) >= 11 is 0. The molecule has 0 aliphatic carbocycles. The molecule has 0 saturated carbocycles. The van der Waals surface area contributed by atoms with Gasteiger partial charge in [-0.15, -0.1) is 0 Å². The first-order valence-corrected chi connectivity index (χ1v) is 4.74. The van der Waals surface area contributed by atoms with Gasteiger partial charge < -0.3 is 11.1 Å². The van der Waals surface area contributed by atoms with Gasteiger partial charge in [0.1, 0.15) is 0 Å². The topological polar surface area (TPSA) is 78.9 Å². The molecule has 0 aromatic heterocycles. The van der Waals surface area contributed by atoms with E-state index in [9.17, 15) is 4.79 Å². The van der Waals surface area contributed by atoms with Gasteiger partial charge in [-0.2, -0.15) is 5.26 Å². The predicted octanol–water partition coefficient (Wildman–Crippen LogP) is 1.50. The van der Waals surface area contributed by atoms with Crippen molar-refractivity contribution in [3.05, 3.63) is 29.8 Å². The Labute approximate surface area is 88.7 Å². The number of rotatable bonds is 5. The Morgan fingerprint density at radius 2 is 2.07 bits per heavy atom. The zero-order chi connectivity index (χ0) is 11.1. The molecule has 1 amide bonds. The van der Waals surface area contributed by atoms with Crippen LogP contribution >= 0.6 is 0 Å². The summed E-state index contributed by atoms with van der Waals surface area (Å²) in [6.07, 6.45) is 1.36. The smallest absolute Gasteiger partial charge is 0.248 e. The van der Waals surface area contributed by atoms with Crippen LogP contribution in [0.4, 0.5) is 5.69 Å². The summed E-state index contributed by atoms with van der Waals surface area (Å²) in [6.45, 7) is 0.753.